The lowest BCUT2D eigenvalue weighted by Gasteiger charge is -2.08. The summed E-state index contributed by atoms with van der Waals surface area (Å²) in [6, 6.07) is 15.3. The molecule has 2 aromatic carbocycles. The highest BCUT2D eigenvalue weighted by Gasteiger charge is 2.18. The monoisotopic (exact) mass is 353 g/mol. The molecule has 3 aromatic rings. The van der Waals surface area contributed by atoms with Crippen LogP contribution in [0, 0.1) is 0 Å². The summed E-state index contributed by atoms with van der Waals surface area (Å²) in [5.41, 5.74) is 3.34. The first kappa shape index (κ1) is 17.1. The summed E-state index contributed by atoms with van der Waals surface area (Å²) in [6.07, 6.45) is 0. The normalized spacial score (nSPS) is 10.7. The number of nitrogens with one attached hydrogen (secondary N) is 1. The predicted octanol–water partition coefficient (Wildman–Crippen LogP) is 4.59. The molecule has 0 aliphatic rings. The van der Waals surface area contributed by atoms with E-state index < -0.39 is 0 Å². The van der Waals surface area contributed by atoms with E-state index in [0.717, 1.165) is 22.8 Å². The van der Waals surface area contributed by atoms with Gasteiger partial charge in [0.15, 0.2) is 0 Å². The van der Waals surface area contributed by atoms with Crippen LogP contribution < -0.4 is 10.1 Å². The molecular formula is C19H19N3O2S. The molecule has 25 heavy (non-hydrogen) atoms. The van der Waals surface area contributed by atoms with E-state index in [4.69, 9.17) is 4.74 Å². The largest absolute Gasteiger partial charge is 0.497 e. The number of anilines is 1. The summed E-state index contributed by atoms with van der Waals surface area (Å²) in [5, 5.41) is 7.02. The Morgan fingerprint density at radius 2 is 1.92 bits per heavy atom. The Morgan fingerprint density at radius 3 is 2.60 bits per heavy atom. The Balaban J connectivity index is 1.82. The van der Waals surface area contributed by atoms with Crippen LogP contribution in [-0.4, -0.2) is 22.6 Å². The number of hydrogen-bond acceptors (Lipinski definition) is 5. The Kier molecular flexibility index (Phi) is 5.09. The fourth-order valence-corrected chi connectivity index (χ4v) is 3.02. The van der Waals surface area contributed by atoms with E-state index in [9.17, 15) is 4.79 Å². The van der Waals surface area contributed by atoms with E-state index in [-0.39, 0.29) is 5.91 Å². The summed E-state index contributed by atoms with van der Waals surface area (Å²) in [4.78, 5) is 13.1. The van der Waals surface area contributed by atoms with Crippen molar-refractivity contribution in [1.29, 1.82) is 0 Å². The van der Waals surface area contributed by atoms with Gasteiger partial charge >= 0.3 is 0 Å². The third-order valence-electron chi connectivity index (χ3n) is 3.87. The zero-order valence-corrected chi connectivity index (χ0v) is 15.1. The van der Waals surface area contributed by atoms with Crippen LogP contribution in [0.4, 0.5) is 5.69 Å². The Hall–Kier alpha value is -2.73. The first-order valence-corrected chi connectivity index (χ1v) is 8.74. The summed E-state index contributed by atoms with van der Waals surface area (Å²) >= 11 is 1.08. The number of carbonyl (C=O) groups excluding carboxylic acids is 1. The SMILES string of the molecule is COc1cccc(-c2nnsc2C(=O)Nc2ccc(C(C)C)cc2)c1. The summed E-state index contributed by atoms with van der Waals surface area (Å²) in [5.74, 6) is 0.946. The molecule has 0 saturated heterocycles. The third kappa shape index (κ3) is 3.85. The molecule has 0 fully saturated rings. The van der Waals surface area contributed by atoms with Crippen LogP contribution in [0.15, 0.2) is 48.5 Å². The number of carbonyl (C=O) groups is 1. The number of methoxy groups -OCH3 is 1. The minimum absolute atomic E-state index is 0.217. The van der Waals surface area contributed by atoms with Gasteiger partial charge in [0.1, 0.15) is 16.3 Å². The standard InChI is InChI=1S/C19H19N3O2S/c1-12(2)13-7-9-15(10-8-13)20-19(23)18-17(21-22-25-18)14-5-4-6-16(11-14)24-3/h4-12H,1-3H3,(H,20,23). The Bertz CT molecular complexity index is 872. The maximum atomic E-state index is 12.6. The molecule has 6 heteroatoms. The number of aromatic nitrogens is 2. The van der Waals surface area contributed by atoms with E-state index in [1.54, 1.807) is 7.11 Å². The molecule has 128 valence electrons. The van der Waals surface area contributed by atoms with Crippen molar-refractivity contribution in [3.05, 3.63) is 59.0 Å². The van der Waals surface area contributed by atoms with E-state index in [1.165, 1.54) is 5.56 Å². The lowest BCUT2D eigenvalue weighted by molar-refractivity contribution is 0.103. The van der Waals surface area contributed by atoms with Crippen molar-refractivity contribution in [2.45, 2.75) is 19.8 Å². The molecule has 1 aromatic heterocycles. The van der Waals surface area contributed by atoms with Crippen molar-refractivity contribution in [2.24, 2.45) is 0 Å². The van der Waals surface area contributed by atoms with Crippen LogP contribution in [0.25, 0.3) is 11.3 Å². The molecule has 0 radical (unpaired) electrons. The topological polar surface area (TPSA) is 64.1 Å². The maximum Gasteiger partial charge on any atom is 0.269 e. The van der Waals surface area contributed by atoms with Crippen LogP contribution in [0.2, 0.25) is 0 Å². The number of benzene rings is 2. The molecule has 0 aliphatic carbocycles. The smallest absolute Gasteiger partial charge is 0.269 e. The van der Waals surface area contributed by atoms with Crippen molar-refractivity contribution in [3.63, 3.8) is 0 Å². The summed E-state index contributed by atoms with van der Waals surface area (Å²) < 4.78 is 9.18. The van der Waals surface area contributed by atoms with Gasteiger partial charge in [-0.2, -0.15) is 0 Å². The summed E-state index contributed by atoms with van der Waals surface area (Å²) in [7, 11) is 1.60. The molecule has 0 aliphatic heterocycles. The Morgan fingerprint density at radius 1 is 1.16 bits per heavy atom. The maximum absolute atomic E-state index is 12.6. The van der Waals surface area contributed by atoms with Gasteiger partial charge < -0.3 is 10.1 Å². The molecule has 1 heterocycles. The molecule has 1 N–H and O–H groups in total. The molecule has 1 amide bonds. The molecule has 0 spiro atoms. The zero-order chi connectivity index (χ0) is 17.8. The minimum atomic E-state index is -0.217. The van der Waals surface area contributed by atoms with E-state index in [1.807, 2.05) is 48.5 Å². The lowest BCUT2D eigenvalue weighted by Crippen LogP contribution is -2.11. The van der Waals surface area contributed by atoms with Crippen LogP contribution >= 0.6 is 11.5 Å². The third-order valence-corrected chi connectivity index (χ3v) is 4.60. The highest BCUT2D eigenvalue weighted by Crippen LogP contribution is 2.28. The van der Waals surface area contributed by atoms with Crippen molar-refractivity contribution >= 4 is 23.1 Å². The zero-order valence-electron chi connectivity index (χ0n) is 14.3. The lowest BCUT2D eigenvalue weighted by atomic mass is 10.0. The van der Waals surface area contributed by atoms with Crippen molar-refractivity contribution in [2.75, 3.05) is 12.4 Å². The molecule has 0 unspecified atom stereocenters. The van der Waals surface area contributed by atoms with Crippen molar-refractivity contribution < 1.29 is 9.53 Å². The highest BCUT2D eigenvalue weighted by molar-refractivity contribution is 7.08. The molecule has 5 nitrogen and oxygen atoms in total. The second-order valence-electron chi connectivity index (χ2n) is 5.91. The first-order valence-electron chi connectivity index (χ1n) is 7.96. The van der Waals surface area contributed by atoms with Gasteiger partial charge in [-0.3, -0.25) is 4.79 Å². The molecule has 0 saturated carbocycles. The molecule has 0 bridgehead atoms. The van der Waals surface area contributed by atoms with Crippen LogP contribution in [0.1, 0.15) is 35.0 Å². The van der Waals surface area contributed by atoms with Gasteiger partial charge in [-0.15, -0.1) is 5.10 Å². The minimum Gasteiger partial charge on any atom is -0.497 e. The van der Waals surface area contributed by atoms with Crippen molar-refractivity contribution in [3.8, 4) is 17.0 Å². The average molecular weight is 353 g/mol. The second kappa shape index (κ2) is 7.44. The van der Waals surface area contributed by atoms with Crippen LogP contribution in [0.5, 0.6) is 5.75 Å². The van der Waals surface area contributed by atoms with Gasteiger partial charge in [-0.05, 0) is 47.3 Å². The second-order valence-corrected chi connectivity index (χ2v) is 6.67. The fourth-order valence-electron chi connectivity index (χ4n) is 2.44. The number of nitrogens with zero attached hydrogens (tertiary/aromatic N) is 2. The van der Waals surface area contributed by atoms with Gasteiger partial charge in [0.25, 0.3) is 5.91 Å². The predicted molar refractivity (Wildman–Crippen MR) is 100 cm³/mol. The fraction of sp³-hybridized carbons (Fsp3) is 0.211. The molecule has 3 rings (SSSR count). The first-order chi connectivity index (χ1) is 12.1. The van der Waals surface area contributed by atoms with Gasteiger partial charge in [-0.25, -0.2) is 0 Å². The van der Waals surface area contributed by atoms with Gasteiger partial charge in [0, 0.05) is 11.3 Å². The van der Waals surface area contributed by atoms with E-state index in [0.29, 0.717) is 22.2 Å². The van der Waals surface area contributed by atoms with Crippen LogP contribution in [0.3, 0.4) is 0 Å². The van der Waals surface area contributed by atoms with Gasteiger partial charge in [-0.1, -0.05) is 42.6 Å². The van der Waals surface area contributed by atoms with Crippen LogP contribution in [-0.2, 0) is 0 Å². The van der Waals surface area contributed by atoms with Crippen molar-refractivity contribution in [1.82, 2.24) is 9.59 Å². The van der Waals surface area contributed by atoms with Gasteiger partial charge in [0.2, 0.25) is 0 Å². The summed E-state index contributed by atoms with van der Waals surface area (Å²) in [6.45, 7) is 4.27. The van der Waals surface area contributed by atoms with E-state index in [2.05, 4.69) is 28.8 Å². The number of ether oxygens (including phenoxy) is 1. The number of amides is 1. The number of rotatable bonds is 5. The average Bonchev–Trinajstić information content (AvgIpc) is 3.12. The molecular weight excluding hydrogens is 334 g/mol. The highest BCUT2D eigenvalue weighted by atomic mass is 32.1. The van der Waals surface area contributed by atoms with E-state index >= 15 is 0 Å². The number of hydrogen-bond donors (Lipinski definition) is 1. The Labute approximate surface area is 150 Å². The molecule has 0 atom stereocenters. The van der Waals surface area contributed by atoms with Gasteiger partial charge in [0.05, 0.1) is 7.11 Å². The quantitative estimate of drug-likeness (QED) is 0.729.